The molecule has 28 heavy (non-hydrogen) atoms. The summed E-state index contributed by atoms with van der Waals surface area (Å²) in [5.74, 6) is -1.01. The average Bonchev–Trinajstić information content (AvgIpc) is 3.10. The summed E-state index contributed by atoms with van der Waals surface area (Å²) in [7, 11) is 0. The molecule has 1 aromatic heterocycles. The zero-order valence-corrected chi connectivity index (χ0v) is 16.3. The van der Waals surface area contributed by atoms with Crippen LogP contribution in [0.3, 0.4) is 0 Å². The lowest BCUT2D eigenvalue weighted by molar-refractivity contribution is -0.109. The maximum Gasteiger partial charge on any atom is 0.339 e. The summed E-state index contributed by atoms with van der Waals surface area (Å²) in [5, 5.41) is 14.6. The molecule has 6 nitrogen and oxygen atoms in total. The van der Waals surface area contributed by atoms with E-state index in [-0.39, 0.29) is 5.56 Å². The Morgan fingerprint density at radius 1 is 1.29 bits per heavy atom. The van der Waals surface area contributed by atoms with Gasteiger partial charge in [0.2, 0.25) is 0 Å². The number of nitrogen functional groups attached to an aromatic ring is 1. The van der Waals surface area contributed by atoms with Crippen molar-refractivity contribution >= 4 is 46.4 Å². The second-order valence-electron chi connectivity index (χ2n) is 5.48. The van der Waals surface area contributed by atoms with Crippen molar-refractivity contribution in [3.8, 4) is 11.1 Å². The van der Waals surface area contributed by atoms with Gasteiger partial charge in [-0.25, -0.2) is 4.79 Å². The number of aliphatic imine (C=N–C) groups is 1. The van der Waals surface area contributed by atoms with E-state index < -0.39 is 12.1 Å². The van der Waals surface area contributed by atoms with E-state index in [9.17, 15) is 9.59 Å². The molecule has 3 rings (SSSR count). The van der Waals surface area contributed by atoms with Gasteiger partial charge in [-0.05, 0) is 23.8 Å². The smallest absolute Gasteiger partial charge is 0.339 e. The summed E-state index contributed by atoms with van der Waals surface area (Å²) in [6.07, 6.45) is 5.16. The summed E-state index contributed by atoms with van der Waals surface area (Å²) in [5.41, 5.74) is 8.85. The fourth-order valence-corrected chi connectivity index (χ4v) is 3.29. The Kier molecular flexibility index (Phi) is 7.31. The molecule has 144 valence electrons. The van der Waals surface area contributed by atoms with Gasteiger partial charge in [0, 0.05) is 33.5 Å². The molecule has 2 heterocycles. The molecule has 0 amide bonds. The van der Waals surface area contributed by atoms with Gasteiger partial charge in [0.05, 0.1) is 0 Å². The van der Waals surface area contributed by atoms with E-state index in [1.165, 1.54) is 11.3 Å². The first-order valence-corrected chi connectivity index (χ1v) is 9.27. The summed E-state index contributed by atoms with van der Waals surface area (Å²) < 4.78 is 0. The molecule has 0 saturated carbocycles. The third-order valence-corrected chi connectivity index (χ3v) is 4.79. The largest absolute Gasteiger partial charge is 0.478 e. The van der Waals surface area contributed by atoms with Crippen LogP contribution in [0.2, 0.25) is 5.02 Å². The average molecular weight is 416 g/mol. The molecule has 0 fully saturated rings. The predicted octanol–water partition coefficient (Wildman–Crippen LogP) is 4.16. The standard InChI is InChI=1S/C11H8ClNO2S.C9H10N2O/c12-7-3-1-6(2-4-7)8-5-16-10(13)9(8)11(14)15;1-3-7-5-10-9(6-12)11-8(7)4-2/h1-5H,13H2,(H,14,15);3-6,9,11H,1-2H2. The minimum absolute atomic E-state index is 0.160. The molecule has 1 aliphatic rings. The van der Waals surface area contributed by atoms with Gasteiger partial charge in [-0.3, -0.25) is 9.79 Å². The lowest BCUT2D eigenvalue weighted by Crippen LogP contribution is -2.31. The van der Waals surface area contributed by atoms with Crippen molar-refractivity contribution in [2.45, 2.75) is 6.17 Å². The van der Waals surface area contributed by atoms with Crippen molar-refractivity contribution in [2.24, 2.45) is 4.99 Å². The van der Waals surface area contributed by atoms with E-state index in [2.05, 4.69) is 23.5 Å². The van der Waals surface area contributed by atoms with Crippen LogP contribution in [0, 0.1) is 0 Å². The maximum absolute atomic E-state index is 11.0. The second kappa shape index (κ2) is 9.68. The Hall–Kier alpha value is -3.16. The summed E-state index contributed by atoms with van der Waals surface area (Å²) in [6, 6.07) is 6.99. The molecular formula is C20H18ClN3O3S. The number of halogens is 1. The molecule has 2 aromatic rings. The van der Waals surface area contributed by atoms with Crippen molar-refractivity contribution in [1.82, 2.24) is 5.32 Å². The Morgan fingerprint density at radius 2 is 1.96 bits per heavy atom. The van der Waals surface area contributed by atoms with Crippen LogP contribution < -0.4 is 11.1 Å². The number of hydrogen-bond acceptors (Lipinski definition) is 6. The van der Waals surface area contributed by atoms with Crippen LogP contribution in [-0.2, 0) is 4.79 Å². The van der Waals surface area contributed by atoms with Crippen LogP contribution in [0.4, 0.5) is 5.00 Å². The van der Waals surface area contributed by atoms with Gasteiger partial charge in [-0.2, -0.15) is 0 Å². The first kappa shape index (κ1) is 21.1. The molecule has 1 aliphatic heterocycles. The van der Waals surface area contributed by atoms with Crippen LogP contribution in [0.25, 0.3) is 11.1 Å². The third-order valence-electron chi connectivity index (χ3n) is 3.73. The maximum atomic E-state index is 11.0. The first-order chi connectivity index (χ1) is 13.4. The number of nitrogens with two attached hydrogens (primary N) is 1. The minimum atomic E-state index is -1.01. The molecule has 0 radical (unpaired) electrons. The van der Waals surface area contributed by atoms with Crippen LogP contribution in [0.15, 0.2) is 71.2 Å². The number of thiophene rings is 1. The molecule has 1 unspecified atom stereocenters. The number of aromatic carboxylic acids is 1. The zero-order chi connectivity index (χ0) is 20.7. The van der Waals surface area contributed by atoms with E-state index in [1.54, 1.807) is 48.0 Å². The zero-order valence-electron chi connectivity index (χ0n) is 14.8. The van der Waals surface area contributed by atoms with E-state index >= 15 is 0 Å². The summed E-state index contributed by atoms with van der Waals surface area (Å²) in [6.45, 7) is 7.21. The number of carboxylic acids is 1. The van der Waals surface area contributed by atoms with Crippen LogP contribution in [0.5, 0.6) is 0 Å². The number of carboxylic acid groups (broad SMARTS) is 1. The highest BCUT2D eigenvalue weighted by Crippen LogP contribution is 2.33. The number of benzene rings is 1. The SMILES string of the molecule is C=CC1=C(C=C)NC(C=O)N=C1.Nc1scc(-c2ccc(Cl)cc2)c1C(=O)O. The van der Waals surface area contributed by atoms with Crippen LogP contribution in [0.1, 0.15) is 10.4 Å². The molecule has 1 aromatic carbocycles. The number of hydrogen-bond donors (Lipinski definition) is 3. The Balaban J connectivity index is 0.000000209. The lowest BCUT2D eigenvalue weighted by Gasteiger charge is -2.16. The topological polar surface area (TPSA) is 105 Å². The molecule has 0 saturated heterocycles. The third kappa shape index (κ3) is 4.97. The fraction of sp³-hybridized carbons (Fsp3) is 0.0500. The van der Waals surface area contributed by atoms with Gasteiger partial charge in [0.25, 0.3) is 0 Å². The van der Waals surface area contributed by atoms with Gasteiger partial charge in [-0.15, -0.1) is 11.3 Å². The number of carbonyl (C=O) groups is 2. The van der Waals surface area contributed by atoms with Crippen molar-refractivity contribution in [1.29, 1.82) is 0 Å². The van der Waals surface area contributed by atoms with E-state index in [0.717, 1.165) is 23.1 Å². The van der Waals surface area contributed by atoms with Crippen molar-refractivity contribution in [3.05, 3.63) is 76.8 Å². The van der Waals surface area contributed by atoms with Crippen LogP contribution in [-0.4, -0.2) is 29.7 Å². The van der Waals surface area contributed by atoms with Crippen LogP contribution >= 0.6 is 22.9 Å². The molecule has 8 heteroatoms. The first-order valence-electron chi connectivity index (χ1n) is 8.01. The lowest BCUT2D eigenvalue weighted by atomic mass is 10.0. The number of allylic oxidation sites excluding steroid dienone is 3. The van der Waals surface area contributed by atoms with Crippen molar-refractivity contribution in [3.63, 3.8) is 0 Å². The van der Waals surface area contributed by atoms with Gasteiger partial charge >= 0.3 is 5.97 Å². The quantitative estimate of drug-likeness (QED) is 0.636. The van der Waals surface area contributed by atoms with Crippen molar-refractivity contribution < 1.29 is 14.7 Å². The highest BCUT2D eigenvalue weighted by Gasteiger charge is 2.17. The highest BCUT2D eigenvalue weighted by atomic mass is 35.5. The van der Waals surface area contributed by atoms with Gasteiger partial charge < -0.3 is 16.2 Å². The second-order valence-corrected chi connectivity index (χ2v) is 6.83. The number of aldehydes is 1. The normalized spacial score (nSPS) is 15.1. The van der Waals surface area contributed by atoms with Gasteiger partial charge in [-0.1, -0.05) is 43.0 Å². The van der Waals surface area contributed by atoms with E-state index in [0.29, 0.717) is 15.6 Å². The summed E-state index contributed by atoms with van der Waals surface area (Å²) >= 11 is 6.99. The molecule has 0 bridgehead atoms. The Bertz CT molecular complexity index is 962. The molecule has 1 atom stereocenters. The minimum Gasteiger partial charge on any atom is -0.478 e. The molecule has 4 N–H and O–H groups in total. The fourth-order valence-electron chi connectivity index (χ4n) is 2.35. The Labute approximate surface area is 171 Å². The van der Waals surface area contributed by atoms with Gasteiger partial charge in [0.1, 0.15) is 10.6 Å². The number of rotatable bonds is 5. The predicted molar refractivity (Wildman–Crippen MR) is 115 cm³/mol. The molecule has 0 spiro atoms. The van der Waals surface area contributed by atoms with Gasteiger partial charge in [0.15, 0.2) is 12.5 Å². The van der Waals surface area contributed by atoms with E-state index in [4.69, 9.17) is 22.4 Å². The van der Waals surface area contributed by atoms with E-state index in [1.807, 2.05) is 0 Å². The Morgan fingerprint density at radius 3 is 2.50 bits per heavy atom. The number of nitrogens with one attached hydrogen (secondary N) is 1. The number of carbonyl (C=O) groups excluding carboxylic acids is 1. The van der Waals surface area contributed by atoms with Crippen molar-refractivity contribution in [2.75, 3.05) is 5.73 Å². The molecular weight excluding hydrogens is 398 g/mol. The number of nitrogens with zero attached hydrogens (tertiary/aromatic N) is 1. The monoisotopic (exact) mass is 415 g/mol. The summed E-state index contributed by atoms with van der Waals surface area (Å²) in [4.78, 5) is 25.3. The number of anilines is 1. The molecule has 0 aliphatic carbocycles. The highest BCUT2D eigenvalue weighted by molar-refractivity contribution is 7.14.